The summed E-state index contributed by atoms with van der Waals surface area (Å²) in [4.78, 5) is 4.12. The largest absolute Gasteiger partial charge is 0.390 e. The maximum atomic E-state index is 9.87. The summed E-state index contributed by atoms with van der Waals surface area (Å²) >= 11 is 0. The third-order valence-electron chi connectivity index (χ3n) is 3.12. The van der Waals surface area contributed by atoms with Gasteiger partial charge in [0.25, 0.3) is 0 Å². The highest BCUT2D eigenvalue weighted by Crippen LogP contribution is 2.25. The first-order valence-corrected chi connectivity index (χ1v) is 6.31. The molecular weight excluding hydrogens is 226 g/mol. The Morgan fingerprint density at radius 3 is 2.89 bits per heavy atom. The molecule has 1 aliphatic heterocycles. The minimum absolute atomic E-state index is 0.308. The molecule has 1 unspecified atom stereocenters. The molecule has 1 aliphatic rings. The molecule has 1 aromatic heterocycles. The van der Waals surface area contributed by atoms with Gasteiger partial charge in [-0.2, -0.15) is 0 Å². The van der Waals surface area contributed by atoms with Gasteiger partial charge in [-0.3, -0.25) is 0 Å². The number of pyridine rings is 1. The van der Waals surface area contributed by atoms with E-state index in [0.29, 0.717) is 11.9 Å². The molecule has 98 valence electrons. The van der Waals surface area contributed by atoms with Crippen LogP contribution in [-0.2, 0) is 0 Å². The van der Waals surface area contributed by atoms with Crippen LogP contribution in [0, 0.1) is 0 Å². The quantitative estimate of drug-likeness (QED) is 0.758. The minimum atomic E-state index is -0.639. The number of nitrogens with zero attached hydrogens (tertiary/aromatic N) is 1. The van der Waals surface area contributed by atoms with Crippen molar-refractivity contribution in [1.82, 2.24) is 10.3 Å². The SMILES string of the molecule is CC(C)(O)CC1CC(c2ccc(N)nc2)=CCN1. The third kappa shape index (κ3) is 3.55. The fraction of sp³-hybridized carbons (Fsp3) is 0.500. The number of aromatic nitrogens is 1. The number of hydrogen-bond donors (Lipinski definition) is 3. The summed E-state index contributed by atoms with van der Waals surface area (Å²) in [5.74, 6) is 0.543. The summed E-state index contributed by atoms with van der Waals surface area (Å²) in [6.07, 6.45) is 5.64. The molecule has 2 rings (SSSR count). The summed E-state index contributed by atoms with van der Waals surface area (Å²) in [6, 6.07) is 4.13. The molecule has 0 amide bonds. The van der Waals surface area contributed by atoms with Crippen LogP contribution in [0.15, 0.2) is 24.4 Å². The number of nitrogens with two attached hydrogens (primary N) is 1. The van der Waals surface area contributed by atoms with Crippen LogP contribution < -0.4 is 11.1 Å². The zero-order valence-electron chi connectivity index (χ0n) is 11.0. The smallest absolute Gasteiger partial charge is 0.123 e. The Kier molecular flexibility index (Phi) is 3.68. The van der Waals surface area contributed by atoms with Gasteiger partial charge in [-0.1, -0.05) is 6.08 Å². The first kappa shape index (κ1) is 13.1. The van der Waals surface area contributed by atoms with Gasteiger partial charge in [-0.25, -0.2) is 4.98 Å². The first-order chi connectivity index (χ1) is 8.44. The number of hydrogen-bond acceptors (Lipinski definition) is 4. The van der Waals surface area contributed by atoms with E-state index in [1.165, 1.54) is 5.57 Å². The van der Waals surface area contributed by atoms with Crippen LogP contribution in [0.2, 0.25) is 0 Å². The van der Waals surface area contributed by atoms with E-state index in [1.54, 1.807) is 0 Å². The van der Waals surface area contributed by atoms with Crippen LogP contribution >= 0.6 is 0 Å². The first-order valence-electron chi connectivity index (χ1n) is 6.31. The highest BCUT2D eigenvalue weighted by molar-refractivity contribution is 5.67. The van der Waals surface area contributed by atoms with E-state index in [2.05, 4.69) is 16.4 Å². The van der Waals surface area contributed by atoms with Gasteiger partial charge in [-0.05, 0) is 50.0 Å². The molecule has 0 saturated carbocycles. The molecule has 0 aliphatic carbocycles. The second-order valence-electron chi connectivity index (χ2n) is 5.53. The summed E-state index contributed by atoms with van der Waals surface area (Å²) in [6.45, 7) is 4.52. The summed E-state index contributed by atoms with van der Waals surface area (Å²) < 4.78 is 0. The van der Waals surface area contributed by atoms with Crippen LogP contribution in [0.3, 0.4) is 0 Å². The summed E-state index contributed by atoms with van der Waals surface area (Å²) in [5.41, 5.74) is 7.34. The monoisotopic (exact) mass is 247 g/mol. The van der Waals surface area contributed by atoms with Crippen molar-refractivity contribution in [3.8, 4) is 0 Å². The van der Waals surface area contributed by atoms with Gasteiger partial charge in [0.15, 0.2) is 0 Å². The van der Waals surface area contributed by atoms with Crippen LogP contribution in [0.5, 0.6) is 0 Å². The number of nitrogen functional groups attached to an aromatic ring is 1. The van der Waals surface area contributed by atoms with Crippen LogP contribution in [-0.4, -0.2) is 28.3 Å². The van der Waals surface area contributed by atoms with Crippen molar-refractivity contribution >= 4 is 11.4 Å². The number of rotatable bonds is 3. The van der Waals surface area contributed by atoms with Gasteiger partial charge in [-0.15, -0.1) is 0 Å². The fourth-order valence-corrected chi connectivity index (χ4v) is 2.35. The molecule has 4 nitrogen and oxygen atoms in total. The molecule has 1 aromatic rings. The van der Waals surface area contributed by atoms with Crippen molar-refractivity contribution in [1.29, 1.82) is 0 Å². The van der Waals surface area contributed by atoms with Crippen molar-refractivity contribution < 1.29 is 5.11 Å². The Bertz CT molecular complexity index is 431. The Balaban J connectivity index is 2.07. The molecule has 0 radical (unpaired) electrons. The number of nitrogens with one attached hydrogen (secondary N) is 1. The highest BCUT2D eigenvalue weighted by Gasteiger charge is 2.23. The Labute approximate surface area is 108 Å². The molecule has 4 heteroatoms. The molecule has 18 heavy (non-hydrogen) atoms. The van der Waals surface area contributed by atoms with Crippen LogP contribution in [0.4, 0.5) is 5.82 Å². The average molecular weight is 247 g/mol. The standard InChI is InChI=1S/C14H21N3O/c1-14(2,18)8-12-7-10(5-6-16-12)11-3-4-13(15)17-9-11/h3-5,9,12,16,18H,6-8H2,1-2H3,(H2,15,17). The van der Waals surface area contributed by atoms with Gasteiger partial charge < -0.3 is 16.2 Å². The Hall–Kier alpha value is -1.39. The molecule has 2 heterocycles. The number of aliphatic hydroxyl groups is 1. The average Bonchev–Trinajstić information content (AvgIpc) is 2.28. The maximum absolute atomic E-state index is 9.87. The minimum Gasteiger partial charge on any atom is -0.390 e. The van der Waals surface area contributed by atoms with E-state index >= 15 is 0 Å². The van der Waals surface area contributed by atoms with Gasteiger partial charge in [0.1, 0.15) is 5.82 Å². The van der Waals surface area contributed by atoms with Gasteiger partial charge in [0.05, 0.1) is 5.60 Å². The fourth-order valence-electron chi connectivity index (χ4n) is 2.35. The highest BCUT2D eigenvalue weighted by atomic mass is 16.3. The molecule has 4 N–H and O–H groups in total. The topological polar surface area (TPSA) is 71.2 Å². The van der Waals surface area contributed by atoms with Crippen molar-refractivity contribution in [2.45, 2.75) is 38.3 Å². The van der Waals surface area contributed by atoms with E-state index in [1.807, 2.05) is 32.2 Å². The third-order valence-corrected chi connectivity index (χ3v) is 3.12. The van der Waals surface area contributed by atoms with E-state index in [4.69, 9.17) is 5.73 Å². The van der Waals surface area contributed by atoms with Gasteiger partial charge >= 0.3 is 0 Å². The van der Waals surface area contributed by atoms with Crippen LogP contribution in [0.25, 0.3) is 5.57 Å². The van der Waals surface area contributed by atoms with Crippen molar-refractivity contribution in [3.63, 3.8) is 0 Å². The summed E-state index contributed by atoms with van der Waals surface area (Å²) in [7, 11) is 0. The van der Waals surface area contributed by atoms with Gasteiger partial charge in [0, 0.05) is 18.8 Å². The molecule has 0 aromatic carbocycles. The molecule has 0 saturated heterocycles. The Morgan fingerprint density at radius 1 is 1.50 bits per heavy atom. The molecular formula is C14H21N3O. The maximum Gasteiger partial charge on any atom is 0.123 e. The lowest BCUT2D eigenvalue weighted by Gasteiger charge is -2.29. The van der Waals surface area contributed by atoms with Crippen molar-refractivity contribution in [3.05, 3.63) is 30.0 Å². The predicted octanol–water partition coefficient (Wildman–Crippen LogP) is 1.57. The second-order valence-corrected chi connectivity index (χ2v) is 5.53. The molecule has 0 fully saturated rings. The molecule has 0 bridgehead atoms. The van der Waals surface area contributed by atoms with E-state index in [9.17, 15) is 5.11 Å². The zero-order valence-corrected chi connectivity index (χ0v) is 11.0. The lowest BCUT2D eigenvalue weighted by molar-refractivity contribution is 0.0598. The van der Waals surface area contributed by atoms with Gasteiger partial charge in [0.2, 0.25) is 0 Å². The van der Waals surface area contributed by atoms with E-state index in [-0.39, 0.29) is 0 Å². The number of anilines is 1. The lowest BCUT2D eigenvalue weighted by Crippen LogP contribution is -2.38. The predicted molar refractivity (Wildman–Crippen MR) is 73.9 cm³/mol. The molecule has 1 atom stereocenters. The van der Waals surface area contributed by atoms with E-state index in [0.717, 1.165) is 24.9 Å². The van der Waals surface area contributed by atoms with Crippen molar-refractivity contribution in [2.24, 2.45) is 0 Å². The summed E-state index contributed by atoms with van der Waals surface area (Å²) in [5, 5.41) is 13.3. The van der Waals surface area contributed by atoms with E-state index < -0.39 is 5.60 Å². The Morgan fingerprint density at radius 2 is 2.28 bits per heavy atom. The van der Waals surface area contributed by atoms with Crippen LogP contribution in [0.1, 0.15) is 32.3 Å². The molecule has 0 spiro atoms. The second kappa shape index (κ2) is 5.08. The normalized spacial score (nSPS) is 20.6. The van der Waals surface area contributed by atoms with Crippen molar-refractivity contribution in [2.75, 3.05) is 12.3 Å². The zero-order chi connectivity index (χ0) is 13.2. The lowest BCUT2D eigenvalue weighted by atomic mass is 9.90.